The molecule has 3 heterocycles. The third-order valence-corrected chi connectivity index (χ3v) is 7.07. The number of benzene rings is 1. The number of carbonyl (C=O) groups excluding carboxylic acids is 3. The highest BCUT2D eigenvalue weighted by atomic mass is 16.5. The van der Waals surface area contributed by atoms with Crippen molar-refractivity contribution in [2.24, 2.45) is 5.92 Å². The van der Waals surface area contributed by atoms with Gasteiger partial charge in [0.25, 0.3) is 11.5 Å². The van der Waals surface area contributed by atoms with E-state index >= 15 is 0 Å². The molecule has 0 saturated heterocycles. The number of hydrogen-bond donors (Lipinski definition) is 3. The smallest absolute Gasteiger partial charge is 0.311 e. The van der Waals surface area contributed by atoms with Crippen LogP contribution in [0.15, 0.2) is 23.0 Å². The number of amides is 3. The monoisotopic (exact) mass is 513 g/mol. The zero-order valence-corrected chi connectivity index (χ0v) is 21.3. The lowest BCUT2D eigenvalue weighted by Crippen LogP contribution is -2.53. The number of aromatic hydroxyl groups is 1. The largest absolute Gasteiger partial charge is 0.501 e. The molecule has 0 atom stereocenters. The minimum Gasteiger partial charge on any atom is -0.501 e. The van der Waals surface area contributed by atoms with E-state index in [2.05, 4.69) is 15.6 Å². The van der Waals surface area contributed by atoms with Gasteiger partial charge in [0.15, 0.2) is 5.69 Å². The summed E-state index contributed by atoms with van der Waals surface area (Å²) in [6.45, 7) is 0.339. The van der Waals surface area contributed by atoms with Gasteiger partial charge in [0.05, 0.1) is 19.8 Å². The van der Waals surface area contributed by atoms with E-state index < -0.39 is 40.3 Å². The summed E-state index contributed by atoms with van der Waals surface area (Å²) in [5, 5.41) is 16.1. The summed E-state index contributed by atoms with van der Waals surface area (Å²) in [6.07, 6.45) is 2.29. The van der Waals surface area contributed by atoms with Crippen molar-refractivity contribution in [2.75, 3.05) is 28.3 Å². The predicted molar refractivity (Wildman–Crippen MR) is 131 cm³/mol. The normalized spacial score (nSPS) is 19.8. The summed E-state index contributed by atoms with van der Waals surface area (Å²) >= 11 is 0. The van der Waals surface area contributed by atoms with Crippen LogP contribution in [0.25, 0.3) is 0 Å². The Morgan fingerprint density at radius 3 is 2.51 bits per heavy atom. The van der Waals surface area contributed by atoms with Gasteiger partial charge in [-0.25, -0.2) is 4.98 Å². The van der Waals surface area contributed by atoms with Crippen molar-refractivity contribution in [1.82, 2.24) is 25.1 Å². The summed E-state index contributed by atoms with van der Waals surface area (Å²) < 4.78 is 11.9. The van der Waals surface area contributed by atoms with E-state index in [1.165, 1.54) is 32.9 Å². The Kier molecular flexibility index (Phi) is 7.10. The second-order valence-corrected chi connectivity index (χ2v) is 9.59. The Labute approximate surface area is 213 Å². The number of nitrogens with zero attached hydrogens (tertiary/aromatic N) is 3. The van der Waals surface area contributed by atoms with Gasteiger partial charge in [-0.1, -0.05) is 0 Å². The molecule has 198 valence electrons. The zero-order valence-electron chi connectivity index (χ0n) is 21.3. The van der Waals surface area contributed by atoms with Crippen molar-refractivity contribution in [2.45, 2.75) is 44.3 Å². The predicted octanol–water partition coefficient (Wildman–Crippen LogP) is 0.500. The van der Waals surface area contributed by atoms with Crippen molar-refractivity contribution >= 4 is 17.7 Å². The van der Waals surface area contributed by atoms with E-state index in [1.807, 2.05) is 0 Å². The van der Waals surface area contributed by atoms with E-state index in [0.717, 1.165) is 4.90 Å². The fraction of sp³-hybridized carbons (Fsp3) is 0.480. The molecular formula is C25H31N5O7. The van der Waals surface area contributed by atoms with Crippen molar-refractivity contribution in [3.63, 3.8) is 0 Å². The van der Waals surface area contributed by atoms with Crippen molar-refractivity contribution in [3.05, 3.63) is 45.6 Å². The van der Waals surface area contributed by atoms with Crippen LogP contribution < -0.4 is 25.7 Å². The topological polar surface area (TPSA) is 152 Å². The van der Waals surface area contributed by atoms with E-state index in [0.29, 0.717) is 49.3 Å². The van der Waals surface area contributed by atoms with Crippen LogP contribution in [0.3, 0.4) is 0 Å². The molecule has 0 radical (unpaired) electrons. The first-order valence-corrected chi connectivity index (χ1v) is 12.0. The Balaban J connectivity index is 1.68. The second-order valence-electron chi connectivity index (χ2n) is 9.59. The number of fused-ring (bicyclic) bond motifs is 2. The van der Waals surface area contributed by atoms with E-state index in [9.17, 15) is 24.3 Å². The first-order chi connectivity index (χ1) is 17.6. The average molecular weight is 514 g/mol. The van der Waals surface area contributed by atoms with Crippen LogP contribution in [0.5, 0.6) is 17.2 Å². The summed E-state index contributed by atoms with van der Waals surface area (Å²) in [6, 6.07) is 5.11. The molecule has 12 nitrogen and oxygen atoms in total. The second kappa shape index (κ2) is 10.1. The number of ether oxygens (including phenoxy) is 2. The summed E-state index contributed by atoms with van der Waals surface area (Å²) in [4.78, 5) is 56.9. The SMILES string of the molecule is COc1ccc(CNC(=O)c2nc3n(c(=O)c2O)CC2CCC3(NC(=O)C(=O)N(C)C)CC2)c(OC)c1. The van der Waals surface area contributed by atoms with Gasteiger partial charge < -0.3 is 30.1 Å². The first-order valence-electron chi connectivity index (χ1n) is 12.0. The molecule has 0 spiro atoms. The molecule has 1 saturated carbocycles. The Morgan fingerprint density at radius 1 is 1.19 bits per heavy atom. The fourth-order valence-electron chi connectivity index (χ4n) is 4.98. The molecule has 5 rings (SSSR count). The molecule has 3 aliphatic rings. The first kappa shape index (κ1) is 26.0. The number of methoxy groups -OCH3 is 2. The van der Waals surface area contributed by atoms with Gasteiger partial charge in [-0.15, -0.1) is 0 Å². The van der Waals surface area contributed by atoms with Crippen LogP contribution in [0.1, 0.15) is 47.6 Å². The molecule has 0 unspecified atom stereocenters. The van der Waals surface area contributed by atoms with E-state index in [-0.39, 0.29) is 18.3 Å². The van der Waals surface area contributed by atoms with Gasteiger partial charge in [-0.3, -0.25) is 23.7 Å². The van der Waals surface area contributed by atoms with E-state index in [1.54, 1.807) is 18.2 Å². The average Bonchev–Trinajstić information content (AvgIpc) is 3.14. The Hall–Kier alpha value is -4.09. The molecule has 3 amide bonds. The highest BCUT2D eigenvalue weighted by Gasteiger charge is 2.46. The lowest BCUT2D eigenvalue weighted by atomic mass is 9.77. The number of carbonyl (C=O) groups is 3. The van der Waals surface area contributed by atoms with Crippen LogP contribution in [0.2, 0.25) is 0 Å². The minimum absolute atomic E-state index is 0.0346. The standard InChI is InChI=1S/C25H31N5O7/c1-29(2)23(35)21(33)28-25-9-7-14(8-10-25)13-30-22(34)19(31)18(27-24(25)30)20(32)26-12-15-5-6-16(36-3)11-17(15)37-4/h5-6,11,14,31H,7-10,12-13H2,1-4H3,(H,26,32)(H,28,33). The molecule has 2 aromatic rings. The third kappa shape index (κ3) is 4.83. The molecule has 2 aliphatic heterocycles. The maximum absolute atomic E-state index is 13.2. The molecule has 1 aromatic carbocycles. The third-order valence-electron chi connectivity index (χ3n) is 7.07. The lowest BCUT2D eigenvalue weighted by Gasteiger charge is -2.37. The number of rotatable bonds is 6. The zero-order chi connectivity index (χ0) is 26.9. The molecular weight excluding hydrogens is 482 g/mol. The van der Waals surface area contributed by atoms with Gasteiger partial charge in [-0.05, 0) is 43.7 Å². The number of aromatic nitrogens is 2. The maximum atomic E-state index is 13.2. The quantitative estimate of drug-likeness (QED) is 0.472. The lowest BCUT2D eigenvalue weighted by molar-refractivity contribution is -0.145. The van der Waals surface area contributed by atoms with Gasteiger partial charge >= 0.3 is 11.8 Å². The number of hydrogen-bond acceptors (Lipinski definition) is 8. The Morgan fingerprint density at radius 2 is 1.89 bits per heavy atom. The van der Waals surface area contributed by atoms with Crippen molar-refractivity contribution in [1.29, 1.82) is 0 Å². The molecule has 2 bridgehead atoms. The van der Waals surface area contributed by atoms with Gasteiger partial charge in [0.2, 0.25) is 5.75 Å². The number of likely N-dealkylation sites (N-methyl/N-ethyl adjacent to an activating group) is 1. The number of nitrogens with one attached hydrogen (secondary N) is 2. The van der Waals surface area contributed by atoms with Crippen molar-refractivity contribution in [3.8, 4) is 17.2 Å². The summed E-state index contributed by atoms with van der Waals surface area (Å²) in [5.41, 5.74) is -1.67. The molecule has 3 N–H and O–H groups in total. The highest BCUT2D eigenvalue weighted by Crippen LogP contribution is 2.43. The van der Waals surface area contributed by atoms with Crippen LogP contribution in [0.4, 0.5) is 0 Å². The molecule has 12 heteroatoms. The minimum atomic E-state index is -1.11. The molecule has 37 heavy (non-hydrogen) atoms. The Bertz CT molecular complexity index is 1300. The molecule has 1 aromatic heterocycles. The van der Waals surface area contributed by atoms with E-state index in [4.69, 9.17) is 9.47 Å². The van der Waals surface area contributed by atoms with Gasteiger partial charge in [-0.2, -0.15) is 0 Å². The van der Waals surface area contributed by atoms with Gasteiger partial charge in [0, 0.05) is 38.8 Å². The summed E-state index contributed by atoms with van der Waals surface area (Å²) in [7, 11) is 5.96. The molecule has 1 fully saturated rings. The fourth-order valence-corrected chi connectivity index (χ4v) is 4.98. The van der Waals surface area contributed by atoms with Crippen LogP contribution in [0, 0.1) is 5.92 Å². The van der Waals surface area contributed by atoms with Gasteiger partial charge in [0.1, 0.15) is 17.3 Å². The maximum Gasteiger partial charge on any atom is 0.311 e. The van der Waals surface area contributed by atoms with Crippen LogP contribution in [-0.2, 0) is 28.2 Å². The van der Waals surface area contributed by atoms with Crippen LogP contribution >= 0.6 is 0 Å². The molecule has 1 aliphatic carbocycles. The summed E-state index contributed by atoms with van der Waals surface area (Å²) in [5.74, 6) is -1.70. The van der Waals surface area contributed by atoms with Crippen molar-refractivity contribution < 1.29 is 29.0 Å². The van der Waals surface area contributed by atoms with Crippen LogP contribution in [-0.4, -0.2) is 65.6 Å². The highest BCUT2D eigenvalue weighted by molar-refractivity contribution is 6.35.